The Hall–Kier alpha value is -2.97. The van der Waals surface area contributed by atoms with Gasteiger partial charge in [-0.15, -0.1) is 0 Å². The highest BCUT2D eigenvalue weighted by Crippen LogP contribution is 2.36. The van der Waals surface area contributed by atoms with E-state index in [0.29, 0.717) is 30.2 Å². The number of hydrogen-bond donors (Lipinski definition) is 1. The first kappa shape index (κ1) is 28.0. The Morgan fingerprint density at radius 3 is 2.55 bits per heavy atom. The minimum absolute atomic E-state index is 0.0262. The van der Waals surface area contributed by atoms with Crippen LogP contribution in [0.4, 0.5) is 4.39 Å². The van der Waals surface area contributed by atoms with Gasteiger partial charge in [-0.05, 0) is 71.2 Å². The van der Waals surface area contributed by atoms with E-state index >= 15 is 0 Å². The standard InChI is InChI=1S/C30H40FN3O4/c1-19-16-28(38-5)25(30(36)32-19)10-11-27(35)29-21(3)34(26-9-7-6-8-24(26)29)20(2)22-12-14-33(15-13-22)18-23(17-31)37-4/h6-9,16,20,22-23H,10-15,17-18H2,1-5H3,(H,32,36)/t20-,23-/m1/s1. The Bertz CT molecular complexity index is 1320. The number of hydrogen-bond acceptors (Lipinski definition) is 5. The molecule has 1 saturated heterocycles. The number of aryl methyl sites for hydroxylation is 1. The van der Waals surface area contributed by atoms with Crippen LogP contribution in [0.1, 0.15) is 59.5 Å². The molecule has 1 N–H and O–H groups in total. The maximum absolute atomic E-state index is 13.6. The monoisotopic (exact) mass is 525 g/mol. The van der Waals surface area contributed by atoms with Gasteiger partial charge in [-0.25, -0.2) is 4.39 Å². The van der Waals surface area contributed by atoms with Crippen molar-refractivity contribution < 1.29 is 18.7 Å². The molecule has 1 aliphatic rings. The number of carbonyl (C=O) groups is 1. The van der Waals surface area contributed by atoms with Crippen molar-refractivity contribution in [1.82, 2.24) is 14.5 Å². The number of aromatic amines is 1. The number of para-hydroxylation sites is 1. The number of pyridine rings is 1. The molecule has 3 aromatic rings. The van der Waals surface area contributed by atoms with E-state index in [4.69, 9.17) is 9.47 Å². The fourth-order valence-corrected chi connectivity index (χ4v) is 6.04. The normalized spacial score (nSPS) is 16.6. The highest BCUT2D eigenvalue weighted by atomic mass is 19.1. The van der Waals surface area contributed by atoms with Gasteiger partial charge in [-0.2, -0.15) is 0 Å². The van der Waals surface area contributed by atoms with Crippen LogP contribution in [0.15, 0.2) is 35.1 Å². The van der Waals surface area contributed by atoms with Crippen LogP contribution < -0.4 is 10.3 Å². The molecule has 0 radical (unpaired) electrons. The number of methoxy groups -OCH3 is 2. The molecule has 2 aromatic heterocycles. The number of rotatable bonds is 11. The molecular formula is C30H40FN3O4. The van der Waals surface area contributed by atoms with E-state index in [-0.39, 0.29) is 29.9 Å². The van der Waals surface area contributed by atoms with Crippen molar-refractivity contribution in [1.29, 1.82) is 0 Å². The van der Waals surface area contributed by atoms with E-state index < -0.39 is 6.67 Å². The Kier molecular flexibility index (Phi) is 9.05. The highest BCUT2D eigenvalue weighted by Gasteiger charge is 2.30. The molecule has 3 heterocycles. The number of ketones is 1. The number of aromatic nitrogens is 2. The molecule has 38 heavy (non-hydrogen) atoms. The predicted molar refractivity (Wildman–Crippen MR) is 148 cm³/mol. The molecule has 0 bridgehead atoms. The van der Waals surface area contributed by atoms with Gasteiger partial charge in [-0.3, -0.25) is 9.59 Å². The molecule has 8 heteroatoms. The minimum atomic E-state index is -0.469. The number of H-pyrrole nitrogens is 1. The maximum atomic E-state index is 13.6. The Balaban J connectivity index is 1.55. The van der Waals surface area contributed by atoms with Gasteiger partial charge >= 0.3 is 0 Å². The smallest absolute Gasteiger partial charge is 0.255 e. The fourth-order valence-electron chi connectivity index (χ4n) is 6.04. The number of nitrogens with one attached hydrogen (secondary N) is 1. The molecule has 0 saturated carbocycles. The first-order chi connectivity index (χ1) is 18.3. The van der Waals surface area contributed by atoms with Crippen LogP contribution in [0.25, 0.3) is 10.9 Å². The van der Waals surface area contributed by atoms with E-state index in [9.17, 15) is 14.0 Å². The maximum Gasteiger partial charge on any atom is 0.255 e. The van der Waals surface area contributed by atoms with Crippen LogP contribution in [0.5, 0.6) is 5.75 Å². The van der Waals surface area contributed by atoms with Crippen LogP contribution in [-0.2, 0) is 11.2 Å². The average Bonchev–Trinajstić information content (AvgIpc) is 3.22. The summed E-state index contributed by atoms with van der Waals surface area (Å²) in [5.41, 5.74) is 3.77. The zero-order chi connectivity index (χ0) is 27.4. The number of likely N-dealkylation sites (tertiary alicyclic amines) is 1. The number of ether oxygens (including phenoxy) is 2. The zero-order valence-corrected chi connectivity index (χ0v) is 23.2. The summed E-state index contributed by atoms with van der Waals surface area (Å²) < 4.78 is 26.1. The third-order valence-corrected chi connectivity index (χ3v) is 8.18. The number of alkyl halides is 1. The lowest BCUT2D eigenvalue weighted by molar-refractivity contribution is 0.0326. The first-order valence-electron chi connectivity index (χ1n) is 13.5. The van der Waals surface area contributed by atoms with Crippen LogP contribution in [0.2, 0.25) is 0 Å². The fraction of sp³-hybridized carbons (Fsp3) is 0.533. The molecule has 1 fully saturated rings. The number of benzene rings is 1. The lowest BCUT2D eigenvalue weighted by Gasteiger charge is -2.37. The number of piperidine rings is 1. The highest BCUT2D eigenvalue weighted by molar-refractivity contribution is 6.09. The summed E-state index contributed by atoms with van der Waals surface area (Å²) in [5.74, 6) is 0.991. The quantitative estimate of drug-likeness (QED) is 0.356. The molecule has 0 spiro atoms. The van der Waals surface area contributed by atoms with E-state index in [1.54, 1.807) is 20.3 Å². The summed E-state index contributed by atoms with van der Waals surface area (Å²) in [7, 11) is 3.10. The van der Waals surface area contributed by atoms with Crippen molar-refractivity contribution in [3.05, 3.63) is 63.2 Å². The lowest BCUT2D eigenvalue weighted by atomic mass is 9.89. The summed E-state index contributed by atoms with van der Waals surface area (Å²) >= 11 is 0. The van der Waals surface area contributed by atoms with Gasteiger partial charge in [0.05, 0.1) is 18.8 Å². The number of fused-ring (bicyclic) bond motifs is 1. The summed E-state index contributed by atoms with van der Waals surface area (Å²) in [6, 6.07) is 10.1. The van der Waals surface area contributed by atoms with Gasteiger partial charge < -0.3 is 23.9 Å². The van der Waals surface area contributed by atoms with Crippen molar-refractivity contribution in [2.75, 3.05) is 40.5 Å². The van der Waals surface area contributed by atoms with Crippen molar-refractivity contribution in [3.63, 3.8) is 0 Å². The van der Waals surface area contributed by atoms with Gasteiger partial charge in [0.1, 0.15) is 12.4 Å². The Morgan fingerprint density at radius 1 is 1.18 bits per heavy atom. The van der Waals surface area contributed by atoms with Crippen LogP contribution in [0.3, 0.4) is 0 Å². The predicted octanol–water partition coefficient (Wildman–Crippen LogP) is 5.03. The molecule has 0 amide bonds. The lowest BCUT2D eigenvalue weighted by Crippen LogP contribution is -2.41. The van der Waals surface area contributed by atoms with E-state index in [2.05, 4.69) is 27.4 Å². The van der Waals surface area contributed by atoms with Gasteiger partial charge in [0, 0.05) is 54.0 Å². The molecule has 7 nitrogen and oxygen atoms in total. The number of nitrogens with zero attached hydrogens (tertiary/aromatic N) is 2. The molecule has 206 valence electrons. The second-order valence-electron chi connectivity index (χ2n) is 10.5. The van der Waals surface area contributed by atoms with Gasteiger partial charge in [-0.1, -0.05) is 18.2 Å². The van der Waals surface area contributed by atoms with Crippen molar-refractivity contribution in [2.45, 2.75) is 58.6 Å². The van der Waals surface area contributed by atoms with Crippen molar-refractivity contribution in [3.8, 4) is 5.75 Å². The largest absolute Gasteiger partial charge is 0.496 e. The van der Waals surface area contributed by atoms with E-state index in [1.165, 1.54) is 0 Å². The molecule has 1 aromatic carbocycles. The van der Waals surface area contributed by atoms with Gasteiger partial charge in [0.2, 0.25) is 0 Å². The molecule has 1 aliphatic heterocycles. The zero-order valence-electron chi connectivity index (χ0n) is 23.2. The summed E-state index contributed by atoms with van der Waals surface area (Å²) in [5, 5.41) is 0.954. The number of Topliss-reactive ketones (excluding diaryl/α,β-unsaturated/α-hetero) is 1. The second kappa shape index (κ2) is 12.3. The third kappa shape index (κ3) is 5.71. The Morgan fingerprint density at radius 2 is 1.89 bits per heavy atom. The number of halogens is 1. The van der Waals surface area contributed by atoms with Crippen LogP contribution in [-0.4, -0.2) is 66.9 Å². The average molecular weight is 526 g/mol. The second-order valence-corrected chi connectivity index (χ2v) is 10.5. The molecule has 4 rings (SSSR count). The summed E-state index contributed by atoms with van der Waals surface area (Å²) in [6.45, 7) is 8.04. The summed E-state index contributed by atoms with van der Waals surface area (Å²) in [4.78, 5) is 31.3. The van der Waals surface area contributed by atoms with Crippen molar-refractivity contribution >= 4 is 16.7 Å². The van der Waals surface area contributed by atoms with Crippen LogP contribution in [0, 0.1) is 19.8 Å². The molecular weight excluding hydrogens is 485 g/mol. The SMILES string of the molecule is COc1cc(C)[nH]c(=O)c1CCC(=O)c1c(C)n([C@H](C)C2CCN(C[C@@H](CF)OC)CC2)c2ccccc12. The van der Waals surface area contributed by atoms with Gasteiger partial charge in [0.15, 0.2) is 5.78 Å². The topological polar surface area (TPSA) is 76.6 Å². The molecule has 0 aliphatic carbocycles. The molecule has 2 atom stereocenters. The number of carbonyl (C=O) groups excluding carboxylic acids is 1. The van der Waals surface area contributed by atoms with Crippen LogP contribution >= 0.6 is 0 Å². The van der Waals surface area contributed by atoms with Crippen molar-refractivity contribution in [2.24, 2.45) is 5.92 Å². The molecule has 0 unspecified atom stereocenters. The van der Waals surface area contributed by atoms with E-state index in [0.717, 1.165) is 53.8 Å². The van der Waals surface area contributed by atoms with E-state index in [1.807, 2.05) is 32.0 Å². The first-order valence-corrected chi connectivity index (χ1v) is 13.5. The Labute approximate surface area is 223 Å². The third-order valence-electron chi connectivity index (χ3n) is 8.18. The summed E-state index contributed by atoms with van der Waals surface area (Å²) in [6.07, 6.45) is 2.18. The van der Waals surface area contributed by atoms with Gasteiger partial charge in [0.25, 0.3) is 5.56 Å². The minimum Gasteiger partial charge on any atom is -0.496 e.